The number of hydrogen-bond acceptors (Lipinski definition) is 10. The molecule has 1 aromatic heterocycles. The Bertz CT molecular complexity index is 1910. The smallest absolute Gasteiger partial charge is 0.744 e. The summed E-state index contributed by atoms with van der Waals surface area (Å²) >= 11 is 0. The summed E-state index contributed by atoms with van der Waals surface area (Å²) < 4.78 is 72.4. The van der Waals surface area contributed by atoms with E-state index in [9.17, 15) is 45.6 Å². The Morgan fingerprint density at radius 2 is 1.49 bits per heavy atom. The molecule has 0 radical (unpaired) electrons. The van der Waals surface area contributed by atoms with Gasteiger partial charge < -0.3 is 24.3 Å². The fraction of sp³-hybridized carbons (Fsp3) is 0.0435. The Balaban J connectivity index is 0.00000294. The van der Waals surface area contributed by atoms with Gasteiger partial charge in [0, 0.05) is 41.7 Å². The minimum Gasteiger partial charge on any atom is -0.744 e. The molecule has 0 spiro atoms. The maximum Gasteiger partial charge on any atom is 1.00 e. The molecule has 0 saturated carbocycles. The van der Waals surface area contributed by atoms with E-state index in [0.717, 1.165) is 36.4 Å². The van der Waals surface area contributed by atoms with E-state index in [4.69, 9.17) is 0 Å². The normalized spacial score (nSPS) is 11.2. The molecule has 0 unspecified atom stereocenters. The van der Waals surface area contributed by atoms with E-state index in [1.165, 1.54) is 42.1 Å². The van der Waals surface area contributed by atoms with Crippen molar-refractivity contribution in [1.82, 2.24) is 4.57 Å². The van der Waals surface area contributed by atoms with Gasteiger partial charge in [-0.25, -0.2) is 16.8 Å². The van der Waals surface area contributed by atoms with Crippen molar-refractivity contribution in [2.75, 3.05) is 10.6 Å². The summed E-state index contributed by atoms with van der Waals surface area (Å²) in [6.07, 6.45) is 1.35. The molecule has 41 heavy (non-hydrogen) atoms. The zero-order valence-corrected chi connectivity index (χ0v) is 27.3. The molecule has 2 amide bonds. The average molecular weight is 619 g/mol. The standard InChI is InChI=1S/C23H18N4O10S2.2Na/c1-26-12-14(24-22(28)13-4-2-5-15(10-13)27(30)31)11-19(26)23(29)25-18-9-8-16-17(21(18)39(35,36)37)6-3-7-20(16)38(32,33)34;;/h2-12H,1H3,(H,24,28)(H,25,29)(H,32,33,34)(H,35,36,37);;/q;2*+1/p-2. The number of nitrogens with zero attached hydrogens (tertiary/aromatic N) is 2. The predicted molar refractivity (Wildman–Crippen MR) is 134 cm³/mol. The molecule has 0 fully saturated rings. The van der Waals surface area contributed by atoms with Crippen molar-refractivity contribution in [2.24, 2.45) is 7.05 Å². The summed E-state index contributed by atoms with van der Waals surface area (Å²) in [7, 11) is -8.86. The topological polar surface area (TPSA) is 221 Å². The summed E-state index contributed by atoms with van der Waals surface area (Å²) in [4.78, 5) is 34.2. The fourth-order valence-electron chi connectivity index (χ4n) is 3.90. The first-order chi connectivity index (χ1) is 18.2. The van der Waals surface area contributed by atoms with Crippen LogP contribution in [-0.4, -0.2) is 47.2 Å². The molecule has 0 atom stereocenters. The maximum absolute atomic E-state index is 13.0. The number of rotatable bonds is 7. The van der Waals surface area contributed by atoms with Crippen LogP contribution in [0.15, 0.2) is 76.7 Å². The van der Waals surface area contributed by atoms with Crippen LogP contribution in [0, 0.1) is 10.1 Å². The second kappa shape index (κ2) is 13.1. The summed E-state index contributed by atoms with van der Waals surface area (Å²) in [5.41, 5.74) is -0.740. The van der Waals surface area contributed by atoms with E-state index in [1.807, 2.05) is 0 Å². The third-order valence-electron chi connectivity index (χ3n) is 5.55. The number of nitro groups is 1. The maximum atomic E-state index is 13.0. The van der Waals surface area contributed by atoms with Gasteiger partial charge >= 0.3 is 59.1 Å². The Morgan fingerprint density at radius 1 is 0.829 bits per heavy atom. The van der Waals surface area contributed by atoms with Crippen LogP contribution in [-0.2, 0) is 27.3 Å². The molecule has 0 bridgehead atoms. The summed E-state index contributed by atoms with van der Waals surface area (Å²) in [6.45, 7) is 0. The van der Waals surface area contributed by atoms with Gasteiger partial charge in [-0.1, -0.05) is 24.3 Å². The summed E-state index contributed by atoms with van der Waals surface area (Å²) in [5.74, 6) is -1.60. The number of hydrogen-bond donors (Lipinski definition) is 2. The first-order valence-corrected chi connectivity index (χ1v) is 13.5. The number of amides is 2. The van der Waals surface area contributed by atoms with Crippen LogP contribution in [0.1, 0.15) is 20.8 Å². The Labute approximate surface area is 277 Å². The van der Waals surface area contributed by atoms with Crippen LogP contribution in [0.2, 0.25) is 0 Å². The predicted octanol–water partition coefficient (Wildman–Crippen LogP) is -3.59. The van der Waals surface area contributed by atoms with Crippen molar-refractivity contribution >= 4 is 59.9 Å². The van der Waals surface area contributed by atoms with Crippen LogP contribution in [0.3, 0.4) is 0 Å². The number of aryl methyl sites for hydroxylation is 1. The Hall–Kier alpha value is -2.64. The molecule has 0 saturated heterocycles. The molecule has 0 aliphatic rings. The fourth-order valence-corrected chi connectivity index (χ4v) is 5.42. The number of nitro benzene ring substituents is 1. The first-order valence-electron chi connectivity index (χ1n) is 10.7. The van der Waals surface area contributed by atoms with E-state index in [0.29, 0.717) is 0 Å². The molecule has 18 heteroatoms. The molecular formula is C23H16N4Na2O10S2. The van der Waals surface area contributed by atoms with Crippen LogP contribution >= 0.6 is 0 Å². The van der Waals surface area contributed by atoms with Crippen LogP contribution in [0.25, 0.3) is 10.8 Å². The van der Waals surface area contributed by atoms with Gasteiger partial charge in [0.05, 0.1) is 26.1 Å². The monoisotopic (exact) mass is 618 g/mol. The van der Waals surface area contributed by atoms with Gasteiger partial charge in [0.25, 0.3) is 17.5 Å². The quantitative estimate of drug-likeness (QED) is 0.0897. The Morgan fingerprint density at radius 3 is 2.10 bits per heavy atom. The van der Waals surface area contributed by atoms with E-state index in [2.05, 4.69) is 10.6 Å². The van der Waals surface area contributed by atoms with Crippen molar-refractivity contribution in [1.29, 1.82) is 0 Å². The van der Waals surface area contributed by atoms with Gasteiger partial charge in [0.2, 0.25) is 0 Å². The number of aromatic nitrogens is 1. The van der Waals surface area contributed by atoms with Crippen molar-refractivity contribution in [3.8, 4) is 0 Å². The van der Waals surface area contributed by atoms with Gasteiger partial charge in [-0.3, -0.25) is 19.7 Å². The van der Waals surface area contributed by atoms with Crippen LogP contribution in [0.5, 0.6) is 0 Å². The van der Waals surface area contributed by atoms with E-state index in [-0.39, 0.29) is 92.5 Å². The molecule has 3 aromatic carbocycles. The van der Waals surface area contributed by atoms with Crippen molar-refractivity contribution in [3.63, 3.8) is 0 Å². The largest absolute Gasteiger partial charge is 1.00 e. The molecular weight excluding hydrogens is 602 g/mol. The molecule has 14 nitrogen and oxygen atoms in total. The zero-order chi connectivity index (χ0) is 28.7. The van der Waals surface area contributed by atoms with E-state index >= 15 is 0 Å². The number of nitrogens with one attached hydrogen (secondary N) is 2. The molecule has 1 heterocycles. The third-order valence-corrected chi connectivity index (χ3v) is 7.39. The number of non-ortho nitro benzene ring substituents is 1. The zero-order valence-electron chi connectivity index (χ0n) is 21.6. The van der Waals surface area contributed by atoms with Crippen molar-refractivity contribution < 1.29 is 99.6 Å². The van der Waals surface area contributed by atoms with E-state index in [1.54, 1.807) is 0 Å². The SMILES string of the molecule is Cn1cc(NC(=O)c2cccc([N+](=O)[O-])c2)cc1C(=O)Nc1ccc2c(S(=O)(=O)[O-])cccc2c1S(=O)(=O)[O-].[Na+].[Na+]. The summed E-state index contributed by atoms with van der Waals surface area (Å²) in [6, 6.07) is 11.4. The second-order valence-corrected chi connectivity index (χ2v) is 10.8. The van der Waals surface area contributed by atoms with Crippen LogP contribution < -0.4 is 69.7 Å². The van der Waals surface area contributed by atoms with E-state index < -0.39 is 52.5 Å². The van der Waals surface area contributed by atoms with Gasteiger partial charge in [-0.2, -0.15) is 0 Å². The molecule has 0 aliphatic heterocycles. The van der Waals surface area contributed by atoms with Gasteiger partial charge in [0.1, 0.15) is 25.9 Å². The van der Waals surface area contributed by atoms with Gasteiger partial charge in [0.15, 0.2) is 0 Å². The Kier molecular flexibility index (Phi) is 11.1. The second-order valence-electron chi connectivity index (χ2n) is 8.14. The number of benzene rings is 3. The molecule has 0 aliphatic carbocycles. The molecule has 2 N–H and O–H groups in total. The third kappa shape index (κ3) is 7.61. The number of anilines is 2. The molecule has 4 aromatic rings. The number of carbonyl (C=O) groups excluding carboxylic acids is 2. The van der Waals surface area contributed by atoms with Gasteiger partial charge in [-0.15, -0.1) is 0 Å². The molecule has 4 rings (SSSR count). The van der Waals surface area contributed by atoms with Crippen LogP contribution in [0.4, 0.5) is 17.1 Å². The van der Waals surface area contributed by atoms with Gasteiger partial charge in [-0.05, 0) is 24.3 Å². The number of carbonyl (C=O) groups is 2. The minimum atomic E-state index is -5.28. The minimum absolute atomic E-state index is 0. The summed E-state index contributed by atoms with van der Waals surface area (Å²) in [5, 5.41) is 15.0. The van der Waals surface area contributed by atoms with Crippen molar-refractivity contribution in [2.45, 2.75) is 9.79 Å². The number of fused-ring (bicyclic) bond motifs is 1. The first kappa shape index (κ1) is 34.6. The van der Waals surface area contributed by atoms with Crippen molar-refractivity contribution in [3.05, 3.63) is 88.2 Å². The molecule has 202 valence electrons. The average Bonchev–Trinajstić information content (AvgIpc) is 3.21.